The summed E-state index contributed by atoms with van der Waals surface area (Å²) in [7, 11) is -2.73. The first kappa shape index (κ1) is 14.6. The number of carbonyl (C=O) groups excluding carboxylic acids is 1. The van der Waals surface area contributed by atoms with Crippen LogP contribution in [0.25, 0.3) is 0 Å². The number of sulfonamides is 1. The van der Waals surface area contributed by atoms with Gasteiger partial charge in [-0.1, -0.05) is 30.3 Å². The van der Waals surface area contributed by atoms with Crippen molar-refractivity contribution in [2.75, 3.05) is 19.5 Å². The first-order valence-corrected chi connectivity index (χ1v) is 6.86. The maximum Gasteiger partial charge on any atom is 0.322 e. The molecule has 0 saturated carbocycles. The van der Waals surface area contributed by atoms with Gasteiger partial charge >= 0.3 is 5.97 Å². The molecule has 1 atom stereocenters. The highest BCUT2D eigenvalue weighted by atomic mass is 32.2. The van der Waals surface area contributed by atoms with Crippen molar-refractivity contribution in [1.29, 1.82) is 0 Å². The minimum Gasteiger partial charge on any atom is -0.468 e. The lowest BCUT2D eigenvalue weighted by molar-refractivity contribution is -0.137. The van der Waals surface area contributed by atoms with Crippen LogP contribution in [0, 0.1) is 0 Å². The molecule has 0 fully saturated rings. The number of nitrogens with one attached hydrogen (secondary N) is 1. The van der Waals surface area contributed by atoms with Gasteiger partial charge in [0.2, 0.25) is 10.0 Å². The van der Waals surface area contributed by atoms with E-state index in [0.29, 0.717) is 5.56 Å². The Hall–Kier alpha value is -1.44. The second-order valence-corrected chi connectivity index (χ2v) is 5.35. The fourth-order valence-electron chi connectivity index (χ4n) is 1.37. The largest absolute Gasteiger partial charge is 0.468 e. The molecule has 1 aromatic carbocycles. The van der Waals surface area contributed by atoms with Crippen molar-refractivity contribution in [2.45, 2.75) is 6.04 Å². The molecule has 0 radical (unpaired) electrons. The summed E-state index contributed by atoms with van der Waals surface area (Å²) < 4.78 is 29.8. The average molecular weight is 273 g/mol. The van der Waals surface area contributed by atoms with E-state index in [2.05, 4.69) is 9.46 Å². The fourth-order valence-corrected chi connectivity index (χ4v) is 2.52. The quantitative estimate of drug-likeness (QED) is 0.701. The standard InChI is InChI=1S/C11H15NO5S/c1-17-11(14)8-18(15,16)12-10(7-13)9-5-3-2-4-6-9/h2-6,10,12-13H,7-8H2,1H3/t10-/m1/s1. The third kappa shape index (κ3) is 4.44. The topological polar surface area (TPSA) is 92.7 Å². The Bertz CT molecular complexity index is 485. The van der Waals surface area contributed by atoms with E-state index in [0.717, 1.165) is 7.11 Å². The van der Waals surface area contributed by atoms with Crippen molar-refractivity contribution in [3.63, 3.8) is 0 Å². The Kier molecular flexibility index (Phi) is 5.26. The van der Waals surface area contributed by atoms with Crippen molar-refractivity contribution >= 4 is 16.0 Å². The Morgan fingerprint density at radius 2 is 2.00 bits per heavy atom. The van der Waals surface area contributed by atoms with Crippen molar-refractivity contribution in [3.05, 3.63) is 35.9 Å². The summed E-state index contributed by atoms with van der Waals surface area (Å²) in [5.74, 6) is -1.63. The summed E-state index contributed by atoms with van der Waals surface area (Å²) in [6.45, 7) is -0.398. The van der Waals surface area contributed by atoms with Crippen molar-refractivity contribution in [1.82, 2.24) is 4.72 Å². The maximum atomic E-state index is 11.6. The Balaban J connectivity index is 2.78. The molecule has 7 heteroatoms. The van der Waals surface area contributed by atoms with Gasteiger partial charge in [0, 0.05) is 0 Å². The molecular weight excluding hydrogens is 258 g/mol. The lowest BCUT2D eigenvalue weighted by Crippen LogP contribution is -2.35. The van der Waals surface area contributed by atoms with Gasteiger partial charge in [-0.25, -0.2) is 13.1 Å². The first-order valence-electron chi connectivity index (χ1n) is 5.21. The number of hydrogen-bond acceptors (Lipinski definition) is 5. The summed E-state index contributed by atoms with van der Waals surface area (Å²) >= 11 is 0. The van der Waals surface area contributed by atoms with Gasteiger partial charge < -0.3 is 9.84 Å². The predicted molar refractivity (Wildman–Crippen MR) is 65.2 cm³/mol. The van der Waals surface area contributed by atoms with E-state index in [-0.39, 0.29) is 0 Å². The average Bonchev–Trinajstić information content (AvgIpc) is 2.36. The van der Waals surface area contributed by atoms with E-state index >= 15 is 0 Å². The maximum absolute atomic E-state index is 11.6. The number of ether oxygens (including phenoxy) is 1. The van der Waals surface area contributed by atoms with Crippen LogP contribution in [0.2, 0.25) is 0 Å². The van der Waals surface area contributed by atoms with Crippen LogP contribution >= 0.6 is 0 Å². The van der Waals surface area contributed by atoms with E-state index in [9.17, 15) is 18.3 Å². The zero-order valence-electron chi connectivity index (χ0n) is 9.87. The monoisotopic (exact) mass is 273 g/mol. The molecule has 0 aromatic heterocycles. The van der Waals surface area contributed by atoms with Crippen LogP contribution in [0.1, 0.15) is 11.6 Å². The molecule has 6 nitrogen and oxygen atoms in total. The van der Waals surface area contributed by atoms with Gasteiger partial charge in [-0.2, -0.15) is 0 Å². The lowest BCUT2D eigenvalue weighted by atomic mass is 10.1. The van der Waals surface area contributed by atoms with E-state index < -0.39 is 34.4 Å². The summed E-state index contributed by atoms with van der Waals surface area (Å²) in [5, 5.41) is 9.19. The predicted octanol–water partition coefficient (Wildman–Crippen LogP) is -0.188. The highest BCUT2D eigenvalue weighted by Gasteiger charge is 2.22. The van der Waals surface area contributed by atoms with Crippen LogP contribution in [0.5, 0.6) is 0 Å². The van der Waals surface area contributed by atoms with E-state index in [1.54, 1.807) is 30.3 Å². The molecule has 0 aliphatic rings. The van der Waals surface area contributed by atoms with E-state index in [1.165, 1.54) is 0 Å². The number of rotatable bonds is 6. The summed E-state index contributed by atoms with van der Waals surface area (Å²) in [5.41, 5.74) is 0.619. The molecule has 1 aromatic rings. The summed E-state index contributed by atoms with van der Waals surface area (Å²) in [6, 6.07) is 7.82. The SMILES string of the molecule is COC(=O)CS(=O)(=O)N[C@H](CO)c1ccccc1. The van der Waals surface area contributed by atoms with Gasteiger partial charge in [0.1, 0.15) is 0 Å². The van der Waals surface area contributed by atoms with Crippen LogP contribution in [0.15, 0.2) is 30.3 Å². The molecule has 0 saturated heterocycles. The summed E-state index contributed by atoms with van der Waals surface area (Å²) in [4.78, 5) is 10.9. The minimum atomic E-state index is -3.84. The molecule has 18 heavy (non-hydrogen) atoms. The molecule has 0 heterocycles. The van der Waals surface area contributed by atoms with Crippen LogP contribution in [0.3, 0.4) is 0 Å². The molecule has 2 N–H and O–H groups in total. The van der Waals surface area contributed by atoms with Crippen LogP contribution in [-0.4, -0.2) is 39.0 Å². The normalized spacial score (nSPS) is 13.0. The third-order valence-corrected chi connectivity index (χ3v) is 3.50. The number of benzene rings is 1. The van der Waals surface area contributed by atoms with Gasteiger partial charge in [-0.05, 0) is 5.56 Å². The Labute approximate surface area is 106 Å². The highest BCUT2D eigenvalue weighted by molar-refractivity contribution is 7.90. The van der Waals surface area contributed by atoms with E-state index in [1.807, 2.05) is 0 Å². The van der Waals surface area contributed by atoms with Gasteiger partial charge in [0.15, 0.2) is 5.75 Å². The minimum absolute atomic E-state index is 0.398. The number of esters is 1. The summed E-state index contributed by atoms with van der Waals surface area (Å²) in [6.07, 6.45) is 0. The molecule has 0 spiro atoms. The van der Waals surface area contributed by atoms with Gasteiger partial charge in [-0.3, -0.25) is 4.79 Å². The van der Waals surface area contributed by atoms with Crippen LogP contribution < -0.4 is 4.72 Å². The van der Waals surface area contributed by atoms with Gasteiger partial charge in [0.05, 0.1) is 19.8 Å². The van der Waals surface area contributed by atoms with Crippen molar-refractivity contribution < 1.29 is 23.1 Å². The Morgan fingerprint density at radius 1 is 1.39 bits per heavy atom. The molecule has 0 bridgehead atoms. The smallest absolute Gasteiger partial charge is 0.322 e. The first-order chi connectivity index (χ1) is 8.48. The van der Waals surface area contributed by atoms with Crippen molar-refractivity contribution in [3.8, 4) is 0 Å². The zero-order valence-corrected chi connectivity index (χ0v) is 10.7. The van der Waals surface area contributed by atoms with Crippen LogP contribution in [0.4, 0.5) is 0 Å². The van der Waals surface area contributed by atoms with Crippen LogP contribution in [-0.2, 0) is 19.6 Å². The van der Waals surface area contributed by atoms with Gasteiger partial charge in [-0.15, -0.1) is 0 Å². The number of methoxy groups -OCH3 is 1. The molecular formula is C11H15NO5S. The fraction of sp³-hybridized carbons (Fsp3) is 0.364. The molecule has 0 aliphatic carbocycles. The number of carbonyl (C=O) groups is 1. The second kappa shape index (κ2) is 6.48. The van der Waals surface area contributed by atoms with Gasteiger partial charge in [0.25, 0.3) is 0 Å². The zero-order chi connectivity index (χ0) is 13.6. The molecule has 0 amide bonds. The number of hydrogen-bond donors (Lipinski definition) is 2. The van der Waals surface area contributed by atoms with Crippen molar-refractivity contribution in [2.24, 2.45) is 0 Å². The molecule has 100 valence electrons. The van der Waals surface area contributed by atoms with E-state index in [4.69, 9.17) is 0 Å². The second-order valence-electron chi connectivity index (χ2n) is 3.60. The Morgan fingerprint density at radius 3 is 2.50 bits per heavy atom. The number of aliphatic hydroxyl groups is 1. The number of aliphatic hydroxyl groups excluding tert-OH is 1. The molecule has 0 aliphatic heterocycles. The third-order valence-electron chi connectivity index (χ3n) is 2.24. The molecule has 1 rings (SSSR count). The highest BCUT2D eigenvalue weighted by Crippen LogP contribution is 2.12. The lowest BCUT2D eigenvalue weighted by Gasteiger charge is -2.16. The molecule has 0 unspecified atom stereocenters.